The molecule has 0 aromatic heterocycles. The van der Waals surface area contributed by atoms with Crippen molar-refractivity contribution < 1.29 is 14.7 Å². The van der Waals surface area contributed by atoms with Gasteiger partial charge in [-0.05, 0) is 37.0 Å². The summed E-state index contributed by atoms with van der Waals surface area (Å²) in [5.74, 6) is 0.748. The Morgan fingerprint density at radius 2 is 1.65 bits per heavy atom. The maximum atomic E-state index is 12.1. The number of carboxylic acids is 1. The Morgan fingerprint density at radius 3 is 2.13 bits per heavy atom. The Morgan fingerprint density at radius 1 is 1.09 bits per heavy atom. The molecule has 23 heavy (non-hydrogen) atoms. The average Bonchev–Trinajstić information content (AvgIpc) is 3.03. The molecule has 3 rings (SSSR count). The minimum Gasteiger partial charge on any atom is -0.481 e. The topological polar surface area (TPSA) is 60.9 Å². The summed E-state index contributed by atoms with van der Waals surface area (Å²) in [6, 6.07) is 0.0626. The van der Waals surface area contributed by atoms with Crippen LogP contribution in [0.2, 0.25) is 0 Å². The van der Waals surface area contributed by atoms with Crippen LogP contribution in [0, 0.1) is 23.2 Å². The molecule has 0 bridgehead atoms. The first kappa shape index (κ1) is 16.6. The fourth-order valence-electron chi connectivity index (χ4n) is 5.30. The number of carbonyl (C=O) groups is 2. The van der Waals surface area contributed by atoms with Crippen molar-refractivity contribution in [2.45, 2.75) is 51.4 Å². The van der Waals surface area contributed by atoms with E-state index in [2.05, 4.69) is 0 Å². The van der Waals surface area contributed by atoms with Crippen molar-refractivity contribution in [2.75, 3.05) is 27.2 Å². The van der Waals surface area contributed by atoms with Crippen LogP contribution in [0.4, 0.5) is 4.79 Å². The first-order valence-corrected chi connectivity index (χ1v) is 9.11. The molecule has 2 aliphatic carbocycles. The number of carbonyl (C=O) groups excluding carboxylic acids is 1. The van der Waals surface area contributed by atoms with Crippen LogP contribution in [0.5, 0.6) is 0 Å². The lowest BCUT2D eigenvalue weighted by Crippen LogP contribution is -2.40. The molecule has 2 amide bonds. The van der Waals surface area contributed by atoms with Gasteiger partial charge in [0.25, 0.3) is 0 Å². The first-order valence-electron chi connectivity index (χ1n) is 9.11. The van der Waals surface area contributed by atoms with Gasteiger partial charge >= 0.3 is 12.0 Å². The van der Waals surface area contributed by atoms with E-state index in [0.717, 1.165) is 32.4 Å². The summed E-state index contributed by atoms with van der Waals surface area (Å²) >= 11 is 0. The second-order valence-electron chi connectivity index (χ2n) is 8.30. The number of hydrogen-bond donors (Lipinski definition) is 1. The molecule has 0 spiro atoms. The highest BCUT2D eigenvalue weighted by Crippen LogP contribution is 2.53. The third-order valence-corrected chi connectivity index (χ3v) is 6.39. The summed E-state index contributed by atoms with van der Waals surface area (Å²) in [6.45, 7) is 1.47. The first-order chi connectivity index (χ1) is 10.9. The van der Waals surface area contributed by atoms with E-state index in [1.807, 2.05) is 4.90 Å². The number of amides is 2. The fraction of sp³-hybridized carbons (Fsp3) is 0.889. The second kappa shape index (κ2) is 6.33. The lowest BCUT2D eigenvalue weighted by molar-refractivity contribution is -0.150. The fourth-order valence-corrected chi connectivity index (χ4v) is 5.30. The number of likely N-dealkylation sites (tertiary alicyclic amines) is 1. The van der Waals surface area contributed by atoms with Crippen molar-refractivity contribution in [3.8, 4) is 0 Å². The van der Waals surface area contributed by atoms with E-state index in [-0.39, 0.29) is 6.03 Å². The normalized spacial score (nSPS) is 34.4. The molecule has 5 heteroatoms. The Labute approximate surface area is 139 Å². The van der Waals surface area contributed by atoms with E-state index in [9.17, 15) is 14.7 Å². The van der Waals surface area contributed by atoms with E-state index in [1.54, 1.807) is 19.0 Å². The molecule has 1 N–H and O–H groups in total. The smallest absolute Gasteiger partial charge is 0.319 e. The molecular formula is C18H30N2O3. The number of nitrogens with zero attached hydrogens (tertiary/aromatic N) is 2. The number of carboxylic acid groups (broad SMARTS) is 1. The molecule has 1 aliphatic heterocycles. The highest BCUT2D eigenvalue weighted by atomic mass is 16.4. The van der Waals surface area contributed by atoms with Crippen LogP contribution in [-0.4, -0.2) is 54.1 Å². The highest BCUT2D eigenvalue weighted by molar-refractivity contribution is 5.76. The molecule has 3 atom stereocenters. The predicted molar refractivity (Wildman–Crippen MR) is 88.1 cm³/mol. The average molecular weight is 322 g/mol. The minimum absolute atomic E-state index is 0.0626. The maximum absolute atomic E-state index is 12.1. The van der Waals surface area contributed by atoms with E-state index < -0.39 is 11.4 Å². The van der Waals surface area contributed by atoms with Gasteiger partial charge in [-0.25, -0.2) is 4.79 Å². The predicted octanol–water partition coefficient (Wildman–Crippen LogP) is 3.05. The van der Waals surface area contributed by atoms with Gasteiger partial charge in [-0.2, -0.15) is 0 Å². The van der Waals surface area contributed by atoms with Gasteiger partial charge in [0.15, 0.2) is 0 Å². The van der Waals surface area contributed by atoms with E-state index >= 15 is 0 Å². The van der Waals surface area contributed by atoms with Crippen molar-refractivity contribution in [1.82, 2.24) is 9.80 Å². The lowest BCUT2D eigenvalue weighted by Gasteiger charge is -2.33. The zero-order chi connectivity index (χ0) is 16.6. The van der Waals surface area contributed by atoms with Crippen LogP contribution in [0.25, 0.3) is 0 Å². The second-order valence-corrected chi connectivity index (χ2v) is 8.30. The minimum atomic E-state index is -0.594. The molecule has 0 unspecified atom stereocenters. The van der Waals surface area contributed by atoms with Crippen LogP contribution in [0.15, 0.2) is 0 Å². The third kappa shape index (κ3) is 3.20. The standard InChI is InChI=1S/C18H30N2O3/c1-19(2)17(23)20-11-14-9-18(16(21)22,10-15(14)12-20)8-13-6-4-3-5-7-13/h13-15H,3-12H2,1-2H3,(H,21,22)/t14-,15+,18-. The van der Waals surface area contributed by atoms with Crippen LogP contribution in [-0.2, 0) is 4.79 Å². The van der Waals surface area contributed by atoms with Crippen molar-refractivity contribution in [2.24, 2.45) is 23.2 Å². The zero-order valence-electron chi connectivity index (χ0n) is 14.5. The van der Waals surface area contributed by atoms with Crippen LogP contribution in [0.1, 0.15) is 51.4 Å². The SMILES string of the molecule is CN(C)C(=O)N1C[C@@H]2C[C@](CC3CCCCC3)(C(=O)O)C[C@@H]2C1. The molecular weight excluding hydrogens is 292 g/mol. The number of rotatable bonds is 3. The highest BCUT2D eigenvalue weighted by Gasteiger charge is 2.54. The summed E-state index contributed by atoms with van der Waals surface area (Å²) in [7, 11) is 3.56. The summed E-state index contributed by atoms with van der Waals surface area (Å²) in [5.41, 5.74) is -0.523. The van der Waals surface area contributed by atoms with Gasteiger partial charge in [-0.15, -0.1) is 0 Å². The largest absolute Gasteiger partial charge is 0.481 e. The molecule has 3 aliphatic rings. The zero-order valence-corrected chi connectivity index (χ0v) is 14.5. The van der Waals surface area contributed by atoms with Gasteiger partial charge in [0.1, 0.15) is 0 Å². The van der Waals surface area contributed by atoms with Crippen molar-refractivity contribution in [3.05, 3.63) is 0 Å². The number of aliphatic carboxylic acids is 1. The Balaban J connectivity index is 1.65. The van der Waals surface area contributed by atoms with Crippen LogP contribution < -0.4 is 0 Å². The molecule has 0 aromatic rings. The van der Waals surface area contributed by atoms with E-state index in [0.29, 0.717) is 17.8 Å². The molecule has 130 valence electrons. The van der Waals surface area contributed by atoms with Crippen LogP contribution in [0.3, 0.4) is 0 Å². The Bertz CT molecular complexity index is 457. The molecule has 1 saturated heterocycles. The van der Waals surface area contributed by atoms with Gasteiger partial charge < -0.3 is 14.9 Å². The number of urea groups is 1. The van der Waals surface area contributed by atoms with E-state index in [1.165, 1.54) is 32.1 Å². The monoisotopic (exact) mass is 322 g/mol. The van der Waals surface area contributed by atoms with Crippen molar-refractivity contribution in [1.29, 1.82) is 0 Å². The van der Waals surface area contributed by atoms with Crippen molar-refractivity contribution >= 4 is 12.0 Å². The molecule has 1 heterocycles. The molecule has 0 aromatic carbocycles. The molecule has 3 fully saturated rings. The lowest BCUT2D eigenvalue weighted by atomic mass is 9.72. The maximum Gasteiger partial charge on any atom is 0.319 e. The van der Waals surface area contributed by atoms with Gasteiger partial charge in [-0.1, -0.05) is 32.1 Å². The molecule has 2 saturated carbocycles. The summed E-state index contributed by atoms with van der Waals surface area (Å²) in [4.78, 5) is 27.7. The molecule has 0 radical (unpaired) electrons. The van der Waals surface area contributed by atoms with E-state index in [4.69, 9.17) is 0 Å². The van der Waals surface area contributed by atoms with Gasteiger partial charge in [0, 0.05) is 27.2 Å². The third-order valence-electron chi connectivity index (χ3n) is 6.39. The van der Waals surface area contributed by atoms with Gasteiger partial charge in [-0.3, -0.25) is 4.79 Å². The number of fused-ring (bicyclic) bond motifs is 1. The van der Waals surface area contributed by atoms with Gasteiger partial charge in [0.05, 0.1) is 5.41 Å². The molecule has 5 nitrogen and oxygen atoms in total. The number of hydrogen-bond acceptors (Lipinski definition) is 2. The summed E-state index contributed by atoms with van der Waals surface area (Å²) in [5, 5.41) is 9.92. The Kier molecular flexibility index (Phi) is 4.56. The summed E-state index contributed by atoms with van der Waals surface area (Å²) < 4.78 is 0. The summed E-state index contributed by atoms with van der Waals surface area (Å²) in [6.07, 6.45) is 8.63. The Hall–Kier alpha value is -1.26. The van der Waals surface area contributed by atoms with Crippen LogP contribution >= 0.6 is 0 Å². The quantitative estimate of drug-likeness (QED) is 0.868. The van der Waals surface area contributed by atoms with Crippen molar-refractivity contribution in [3.63, 3.8) is 0 Å². The van der Waals surface area contributed by atoms with Gasteiger partial charge in [0.2, 0.25) is 0 Å².